The first-order valence-electron chi connectivity index (χ1n) is 8.29. The fraction of sp³-hybridized carbons (Fsp3) is 0.750. The number of aromatic nitrogens is 2. The summed E-state index contributed by atoms with van der Waals surface area (Å²) in [5, 5.41) is 4.10. The molecule has 2 aliphatic heterocycles. The van der Waals surface area contributed by atoms with Gasteiger partial charge in [0.1, 0.15) is 0 Å². The van der Waals surface area contributed by atoms with Crippen molar-refractivity contribution in [2.75, 3.05) is 32.2 Å². The molecule has 0 spiro atoms. The molecule has 2 aliphatic rings. The molecule has 1 aromatic rings. The maximum absolute atomic E-state index is 12.3. The second-order valence-corrected chi connectivity index (χ2v) is 7.20. The summed E-state index contributed by atoms with van der Waals surface area (Å²) in [5.74, 6) is 1.50. The van der Waals surface area contributed by atoms with Gasteiger partial charge in [0.05, 0.1) is 12.4 Å². The number of imidazole rings is 1. The summed E-state index contributed by atoms with van der Waals surface area (Å²) in [7, 11) is 1.94. The standard InChI is InChI=1S/C16H25N3O3S/c1-19-6-5-17-16(19)23-11-15(20)18-14-4-9-22-10-13(14)12-2-7-21-8-3-12/h5-6,12-14H,2-4,7-11H2,1H3,(H,18,20)/t13-,14-/m0/s1. The number of rotatable bonds is 5. The van der Waals surface area contributed by atoms with E-state index in [1.807, 2.05) is 17.8 Å². The normalized spacial score (nSPS) is 26.1. The van der Waals surface area contributed by atoms with E-state index in [2.05, 4.69) is 10.3 Å². The van der Waals surface area contributed by atoms with Gasteiger partial charge in [0, 0.05) is 51.2 Å². The van der Waals surface area contributed by atoms with Crippen LogP contribution in [0.3, 0.4) is 0 Å². The summed E-state index contributed by atoms with van der Waals surface area (Å²) in [5.41, 5.74) is 0. The summed E-state index contributed by atoms with van der Waals surface area (Å²) < 4.78 is 13.1. The van der Waals surface area contributed by atoms with Crippen LogP contribution >= 0.6 is 11.8 Å². The van der Waals surface area contributed by atoms with Crippen LogP contribution in [-0.4, -0.2) is 53.7 Å². The van der Waals surface area contributed by atoms with Crippen molar-refractivity contribution in [2.45, 2.75) is 30.5 Å². The van der Waals surface area contributed by atoms with E-state index < -0.39 is 0 Å². The highest BCUT2D eigenvalue weighted by Gasteiger charge is 2.34. The minimum Gasteiger partial charge on any atom is -0.381 e. The molecule has 0 aromatic carbocycles. The largest absolute Gasteiger partial charge is 0.381 e. The molecule has 1 aromatic heterocycles. The van der Waals surface area contributed by atoms with Crippen LogP contribution in [0.5, 0.6) is 0 Å². The lowest BCUT2D eigenvalue weighted by Crippen LogP contribution is -2.49. The zero-order chi connectivity index (χ0) is 16.1. The number of nitrogens with zero attached hydrogens (tertiary/aromatic N) is 2. The smallest absolute Gasteiger partial charge is 0.230 e. The van der Waals surface area contributed by atoms with Crippen LogP contribution in [-0.2, 0) is 21.3 Å². The van der Waals surface area contributed by atoms with Gasteiger partial charge in [0.2, 0.25) is 5.91 Å². The van der Waals surface area contributed by atoms with Gasteiger partial charge in [-0.25, -0.2) is 4.98 Å². The summed E-state index contributed by atoms with van der Waals surface area (Å²) in [4.78, 5) is 16.5. The number of thioether (sulfide) groups is 1. The van der Waals surface area contributed by atoms with Gasteiger partial charge in [0.25, 0.3) is 0 Å². The molecule has 2 fully saturated rings. The molecule has 0 unspecified atom stereocenters. The zero-order valence-electron chi connectivity index (χ0n) is 13.6. The van der Waals surface area contributed by atoms with Crippen molar-refractivity contribution in [3.8, 4) is 0 Å². The number of aryl methyl sites for hydroxylation is 1. The summed E-state index contributed by atoms with van der Waals surface area (Å²) in [6.07, 6.45) is 6.69. The average molecular weight is 339 g/mol. The number of nitrogens with one attached hydrogen (secondary N) is 1. The van der Waals surface area contributed by atoms with E-state index in [0.717, 1.165) is 50.8 Å². The van der Waals surface area contributed by atoms with E-state index in [0.29, 0.717) is 17.6 Å². The lowest BCUT2D eigenvalue weighted by atomic mass is 9.79. The maximum Gasteiger partial charge on any atom is 0.230 e. The fourth-order valence-electron chi connectivity index (χ4n) is 3.42. The average Bonchev–Trinajstić information content (AvgIpc) is 2.99. The van der Waals surface area contributed by atoms with E-state index >= 15 is 0 Å². The quantitative estimate of drug-likeness (QED) is 0.823. The van der Waals surface area contributed by atoms with Gasteiger partial charge < -0.3 is 19.4 Å². The Kier molecular flexibility index (Phi) is 5.96. The molecule has 3 heterocycles. The predicted octanol–water partition coefficient (Wildman–Crippen LogP) is 1.46. The van der Waals surface area contributed by atoms with E-state index in [4.69, 9.17) is 9.47 Å². The van der Waals surface area contributed by atoms with Crippen LogP contribution < -0.4 is 5.32 Å². The number of carbonyl (C=O) groups is 1. The second-order valence-electron chi connectivity index (χ2n) is 6.26. The van der Waals surface area contributed by atoms with Crippen molar-refractivity contribution in [3.05, 3.63) is 12.4 Å². The topological polar surface area (TPSA) is 65.4 Å². The van der Waals surface area contributed by atoms with Crippen LogP contribution in [0.4, 0.5) is 0 Å². The highest BCUT2D eigenvalue weighted by molar-refractivity contribution is 7.99. The number of carbonyl (C=O) groups excluding carboxylic acids is 1. The first-order valence-corrected chi connectivity index (χ1v) is 9.27. The number of hydrogen-bond acceptors (Lipinski definition) is 5. The Morgan fingerprint density at radius 2 is 2.13 bits per heavy atom. The van der Waals surface area contributed by atoms with E-state index in [-0.39, 0.29) is 11.9 Å². The minimum absolute atomic E-state index is 0.0851. The first-order chi connectivity index (χ1) is 11.2. The molecule has 23 heavy (non-hydrogen) atoms. The minimum atomic E-state index is 0.0851. The molecular weight excluding hydrogens is 314 g/mol. The lowest BCUT2D eigenvalue weighted by molar-refractivity contribution is -0.121. The van der Waals surface area contributed by atoms with Crippen molar-refractivity contribution < 1.29 is 14.3 Å². The van der Waals surface area contributed by atoms with Crippen molar-refractivity contribution in [1.82, 2.24) is 14.9 Å². The Morgan fingerprint density at radius 3 is 2.87 bits per heavy atom. The van der Waals surface area contributed by atoms with Gasteiger partial charge in [-0.3, -0.25) is 4.79 Å². The molecule has 2 saturated heterocycles. The Bertz CT molecular complexity index is 516. The Labute approximate surface area is 141 Å². The van der Waals surface area contributed by atoms with Gasteiger partial charge in [-0.15, -0.1) is 0 Å². The summed E-state index contributed by atoms with van der Waals surface area (Å²) >= 11 is 1.48. The van der Waals surface area contributed by atoms with Crippen molar-refractivity contribution in [2.24, 2.45) is 18.9 Å². The maximum atomic E-state index is 12.3. The van der Waals surface area contributed by atoms with Crippen LogP contribution in [0.25, 0.3) is 0 Å². The van der Waals surface area contributed by atoms with Gasteiger partial charge in [-0.05, 0) is 25.2 Å². The fourth-order valence-corrected chi connectivity index (χ4v) is 4.16. The van der Waals surface area contributed by atoms with Crippen molar-refractivity contribution in [3.63, 3.8) is 0 Å². The number of amides is 1. The predicted molar refractivity (Wildman–Crippen MR) is 88.3 cm³/mol. The van der Waals surface area contributed by atoms with Crippen LogP contribution in [0, 0.1) is 11.8 Å². The molecule has 0 radical (unpaired) electrons. The monoisotopic (exact) mass is 339 g/mol. The molecule has 0 saturated carbocycles. The third-order valence-electron chi connectivity index (χ3n) is 4.73. The van der Waals surface area contributed by atoms with Gasteiger partial charge in [-0.2, -0.15) is 0 Å². The molecule has 1 amide bonds. The third kappa shape index (κ3) is 4.49. The summed E-state index contributed by atoms with van der Waals surface area (Å²) in [6, 6.07) is 0.223. The second kappa shape index (κ2) is 8.17. The number of hydrogen-bond donors (Lipinski definition) is 1. The molecule has 1 N–H and O–H groups in total. The molecule has 3 rings (SSSR count). The Balaban J connectivity index is 1.51. The van der Waals surface area contributed by atoms with E-state index in [9.17, 15) is 4.79 Å². The molecule has 0 bridgehead atoms. The molecule has 0 aliphatic carbocycles. The number of ether oxygens (including phenoxy) is 2. The van der Waals surface area contributed by atoms with E-state index in [1.54, 1.807) is 6.20 Å². The molecule has 7 heteroatoms. The molecule has 128 valence electrons. The SMILES string of the molecule is Cn1ccnc1SCC(=O)N[C@H]1CCOC[C@H]1C1CCOCC1. The van der Waals surface area contributed by atoms with E-state index in [1.165, 1.54) is 11.8 Å². The van der Waals surface area contributed by atoms with Crippen LogP contribution in [0.15, 0.2) is 17.6 Å². The Hall–Kier alpha value is -1.05. The lowest BCUT2D eigenvalue weighted by Gasteiger charge is -2.39. The first kappa shape index (κ1) is 16.8. The molecule has 2 atom stereocenters. The van der Waals surface area contributed by atoms with Crippen LogP contribution in [0.1, 0.15) is 19.3 Å². The molecular formula is C16H25N3O3S. The van der Waals surface area contributed by atoms with Gasteiger partial charge in [0.15, 0.2) is 5.16 Å². The van der Waals surface area contributed by atoms with Crippen LogP contribution in [0.2, 0.25) is 0 Å². The zero-order valence-corrected chi connectivity index (χ0v) is 14.4. The third-order valence-corrected chi connectivity index (χ3v) is 5.79. The summed E-state index contributed by atoms with van der Waals surface area (Å²) in [6.45, 7) is 3.15. The van der Waals surface area contributed by atoms with Gasteiger partial charge in [-0.1, -0.05) is 11.8 Å². The highest BCUT2D eigenvalue weighted by Crippen LogP contribution is 2.30. The molecule has 6 nitrogen and oxygen atoms in total. The van der Waals surface area contributed by atoms with Crippen molar-refractivity contribution >= 4 is 17.7 Å². The Morgan fingerprint density at radius 1 is 1.35 bits per heavy atom. The van der Waals surface area contributed by atoms with Gasteiger partial charge >= 0.3 is 0 Å². The highest BCUT2D eigenvalue weighted by atomic mass is 32.2. The van der Waals surface area contributed by atoms with Crippen molar-refractivity contribution in [1.29, 1.82) is 0 Å².